The molecule has 5 aliphatic heterocycles. The predicted molar refractivity (Wildman–Crippen MR) is 285 cm³/mol. The molecule has 4 aromatic heterocycles. The van der Waals surface area contributed by atoms with Crippen LogP contribution in [0.5, 0.6) is 5.75 Å². The van der Waals surface area contributed by atoms with Crippen molar-refractivity contribution < 1.29 is 104 Å². The SMILES string of the molecule is C=C(C)CCNc1nc(SC)nc2c1ncn2[C@@H]1O[C@H](CO)[C@@H](O)[C@H]1O.COc1cn([C@@H]2O[C@H](CO)[C@@H](O)[C@H]2O)c(=O)[nH]c1=O.O=C(O)CNCc1cn([C@@H]2O[C@H](CO)[C@@H](O)[C@H]2O)c(=O)[nH]c1=O.O=C1CCN([C@@H]2O[C@H](CO)[C@@H](O)[C@H]2O)C(=O)N1. The van der Waals surface area contributed by atoms with E-state index in [0.717, 1.165) is 38.4 Å². The number of imidazole rings is 1. The van der Waals surface area contributed by atoms with E-state index in [0.29, 0.717) is 28.7 Å². The maximum absolute atomic E-state index is 11.9. The third-order valence-corrected chi connectivity index (χ3v) is 14.0. The first-order valence-corrected chi connectivity index (χ1v) is 27.0. The van der Waals surface area contributed by atoms with Crippen LogP contribution in [0.2, 0.25) is 0 Å². The third kappa shape index (κ3) is 15.7. The number of aromatic nitrogens is 8. The molecule has 5 saturated heterocycles. The van der Waals surface area contributed by atoms with Gasteiger partial charge in [0.1, 0.15) is 73.2 Å². The zero-order chi connectivity index (χ0) is 62.7. The van der Waals surface area contributed by atoms with Gasteiger partial charge in [-0.05, 0) is 19.6 Å². The molecular weight excluding hydrogens is 1160 g/mol. The number of carboxylic acids is 1. The fourth-order valence-electron chi connectivity index (χ4n) is 8.93. The van der Waals surface area contributed by atoms with Crippen LogP contribution in [0.25, 0.3) is 11.2 Å². The van der Waals surface area contributed by atoms with Crippen molar-refractivity contribution in [1.29, 1.82) is 0 Å². The molecule has 38 heteroatoms. The number of carbonyl (C=O) groups excluding carboxylic acids is 2. The quantitative estimate of drug-likeness (QED) is 0.0250. The third-order valence-electron chi connectivity index (χ3n) is 13.5. The highest BCUT2D eigenvalue weighted by molar-refractivity contribution is 7.98. The second-order valence-corrected chi connectivity index (χ2v) is 20.2. The molecule has 18 N–H and O–H groups in total. The van der Waals surface area contributed by atoms with Gasteiger partial charge < -0.3 is 101 Å². The first-order valence-electron chi connectivity index (χ1n) is 25.8. The fourth-order valence-corrected chi connectivity index (χ4v) is 9.29. The van der Waals surface area contributed by atoms with Crippen molar-refractivity contribution in [3.63, 3.8) is 0 Å². The molecule has 0 saturated carbocycles. The number of thioether (sulfide) groups is 1. The number of methoxy groups -OCH3 is 1. The van der Waals surface area contributed by atoms with Crippen LogP contribution >= 0.6 is 11.8 Å². The molecule has 0 aromatic carbocycles. The van der Waals surface area contributed by atoms with Gasteiger partial charge in [-0.3, -0.25) is 53.1 Å². The Morgan fingerprint density at radius 2 is 1.20 bits per heavy atom. The molecule has 0 aliphatic carbocycles. The Hall–Kier alpha value is -6.67. The lowest BCUT2D eigenvalue weighted by Crippen LogP contribution is -2.56. The molecule has 5 aliphatic rings. The number of nitrogens with zero attached hydrogens (tertiary/aromatic N) is 7. The number of carboxylic acid groups (broad SMARTS) is 1. The molecule has 3 amide bonds. The van der Waals surface area contributed by atoms with Crippen LogP contribution in [-0.4, -0.2) is 267 Å². The molecule has 5 fully saturated rings. The smallest absolute Gasteiger partial charge is 0.330 e. The minimum atomic E-state index is -1.48. The van der Waals surface area contributed by atoms with E-state index >= 15 is 0 Å². The summed E-state index contributed by atoms with van der Waals surface area (Å²) in [6.45, 7) is 4.19. The number of nitrogens with one attached hydrogen (secondary N) is 5. The molecule has 37 nitrogen and oxygen atoms in total. The number of anilines is 1. The van der Waals surface area contributed by atoms with Crippen LogP contribution in [0.3, 0.4) is 0 Å². The van der Waals surface area contributed by atoms with Crippen LogP contribution in [0, 0.1) is 0 Å². The molecule has 0 radical (unpaired) electrons. The van der Waals surface area contributed by atoms with Crippen molar-refractivity contribution in [2.75, 3.05) is 64.7 Å². The summed E-state index contributed by atoms with van der Waals surface area (Å²) in [5.41, 5.74) is -0.980. The first-order chi connectivity index (χ1) is 40.3. The summed E-state index contributed by atoms with van der Waals surface area (Å²) >= 11 is 1.39. The number of aliphatic hydroxyl groups is 12. The molecule has 9 rings (SSSR count). The van der Waals surface area contributed by atoms with E-state index in [-0.39, 0.29) is 44.0 Å². The number of ether oxygens (including phenoxy) is 5. The lowest BCUT2D eigenvalue weighted by Gasteiger charge is -2.32. The standard InChI is InChI=1S/C16H23N5O4S.C12H17N3O8.C10H14N2O7.C9H14N2O6/c1-8(2)4-5-17-13-10-14(20-16(19-13)26-3)21(7-18-10)15-12(24)11(23)9(6-22)25-15;16-4-6-8(19)9(20)11(23-6)15-3-5(1-13-2-7(17)18)10(21)14-12(15)22;1-18-4-2-12(10(17)11-8(4)16)9-7(15)6(14)5(3-13)19-9;12-3-4-6(14)7(15)8(17-4)11-2-1-5(13)10-9(11)16/h7,9,11-12,15,22-24H,1,4-6H2,2-3H3,(H,17,19,20);3,6,8-9,11,13,16,19-20H,1-2,4H2,(H,17,18)(H,14,21,22);2,5-7,9,13-15H,3H2,1H3,(H,11,16,17);4,6-8,12,14-15H,1-3H2,(H,10,13,16)/t9-,11-,12-,15-;6-,8-,9-,11-;5-,6-,7-,9-;4-,6-,7-,8-/m1111/s1. The predicted octanol–water partition coefficient (Wildman–Crippen LogP) is -8.62. The number of urea groups is 1. The largest absolute Gasteiger partial charge is 0.490 e. The number of aromatic amines is 2. The van der Waals surface area contributed by atoms with Crippen LogP contribution in [-0.2, 0) is 35.1 Å². The Labute approximate surface area is 482 Å². The van der Waals surface area contributed by atoms with E-state index in [1.54, 1.807) is 4.57 Å². The summed E-state index contributed by atoms with van der Waals surface area (Å²) < 4.78 is 29.3. The maximum atomic E-state index is 11.9. The van der Waals surface area contributed by atoms with Crippen molar-refractivity contribution in [2.24, 2.45) is 0 Å². The van der Waals surface area contributed by atoms with Gasteiger partial charge in [0, 0.05) is 37.8 Å². The number of carbonyl (C=O) groups is 3. The van der Waals surface area contributed by atoms with E-state index in [1.807, 2.05) is 23.1 Å². The van der Waals surface area contributed by atoms with E-state index < -0.39 is 158 Å². The summed E-state index contributed by atoms with van der Waals surface area (Å²) in [5.74, 6) is -1.06. The fraction of sp³-hybridized carbons (Fsp3) is 0.617. The normalized spacial score (nSPS) is 29.8. The minimum absolute atomic E-state index is 0.0450. The molecule has 0 bridgehead atoms. The molecule has 9 heterocycles. The van der Waals surface area contributed by atoms with Crippen LogP contribution in [0.4, 0.5) is 10.6 Å². The Morgan fingerprint density at radius 1 is 0.718 bits per heavy atom. The number of H-pyrrole nitrogens is 2. The molecule has 0 unspecified atom stereocenters. The zero-order valence-electron chi connectivity index (χ0n) is 45.5. The number of aliphatic hydroxyl groups excluding tert-OH is 12. The lowest BCUT2D eigenvalue weighted by molar-refractivity contribution is -0.136. The van der Waals surface area contributed by atoms with E-state index in [4.69, 9.17) is 44.1 Å². The maximum Gasteiger partial charge on any atom is 0.330 e. The Balaban J connectivity index is 0.000000184. The van der Waals surface area contributed by atoms with Gasteiger partial charge in [-0.1, -0.05) is 17.3 Å². The average molecular weight is 1230 g/mol. The highest BCUT2D eigenvalue weighted by Crippen LogP contribution is 2.34. The zero-order valence-corrected chi connectivity index (χ0v) is 46.3. The Kier molecular flexibility index (Phi) is 23.9. The van der Waals surface area contributed by atoms with Gasteiger partial charge in [-0.2, -0.15) is 0 Å². The lowest BCUT2D eigenvalue weighted by atomic mass is 10.1. The van der Waals surface area contributed by atoms with Crippen molar-refractivity contribution >= 4 is 46.7 Å². The van der Waals surface area contributed by atoms with Crippen LogP contribution < -0.4 is 43.2 Å². The molecule has 4 aromatic rings. The van der Waals surface area contributed by atoms with Gasteiger partial charge in [0.15, 0.2) is 47.0 Å². The number of aliphatic carboxylic acids is 1. The minimum Gasteiger partial charge on any atom is -0.490 e. The summed E-state index contributed by atoms with van der Waals surface area (Å²) in [5, 5.41) is 132. The van der Waals surface area contributed by atoms with Gasteiger partial charge in [-0.25, -0.2) is 29.3 Å². The average Bonchev–Trinajstić information content (AvgIpc) is 2.54. The van der Waals surface area contributed by atoms with E-state index in [9.17, 15) is 79.5 Å². The van der Waals surface area contributed by atoms with Crippen LogP contribution in [0.1, 0.15) is 44.0 Å². The van der Waals surface area contributed by atoms with Crippen molar-refractivity contribution in [3.05, 3.63) is 78.1 Å². The van der Waals surface area contributed by atoms with Gasteiger partial charge in [0.2, 0.25) is 11.7 Å². The second-order valence-electron chi connectivity index (χ2n) is 19.4. The van der Waals surface area contributed by atoms with Gasteiger partial charge in [0.05, 0.1) is 52.6 Å². The van der Waals surface area contributed by atoms with Gasteiger partial charge in [0.25, 0.3) is 11.1 Å². The molecule has 16 atom stereocenters. The summed E-state index contributed by atoms with van der Waals surface area (Å²) in [6, 6.07) is -0.670. The van der Waals surface area contributed by atoms with Crippen molar-refractivity contribution in [1.82, 2.24) is 54.2 Å². The summed E-state index contributed by atoms with van der Waals surface area (Å²) in [4.78, 5) is 97.9. The highest BCUT2D eigenvalue weighted by atomic mass is 32.2. The molecule has 472 valence electrons. The number of hydrogen-bond acceptors (Lipinski definition) is 30. The molecular formula is C47H68N12O25S. The van der Waals surface area contributed by atoms with Crippen molar-refractivity contribution in [2.45, 2.75) is 130 Å². The monoisotopic (exact) mass is 1230 g/mol. The van der Waals surface area contributed by atoms with E-state index in [1.165, 1.54) is 25.2 Å². The second kappa shape index (κ2) is 30.1. The Bertz CT molecular complexity index is 3200. The number of amides is 3. The van der Waals surface area contributed by atoms with Gasteiger partial charge >= 0.3 is 23.4 Å². The van der Waals surface area contributed by atoms with Gasteiger partial charge in [-0.15, -0.1) is 6.58 Å². The first kappa shape index (κ1) is 67.5. The number of imide groups is 1. The number of fused-ring (bicyclic) bond motifs is 1. The summed E-state index contributed by atoms with van der Waals surface area (Å²) in [6.07, 6.45) is -12.4. The topological polar surface area (TPSA) is 553 Å². The van der Waals surface area contributed by atoms with Crippen LogP contribution in [0.15, 0.2) is 55.2 Å². The number of rotatable bonds is 18. The molecule has 85 heavy (non-hydrogen) atoms. The number of hydrogen-bond donors (Lipinski definition) is 18. The Morgan fingerprint density at radius 3 is 1.66 bits per heavy atom. The molecule has 0 spiro atoms. The van der Waals surface area contributed by atoms with E-state index in [2.05, 4.69) is 37.5 Å². The highest BCUT2D eigenvalue weighted by Gasteiger charge is 2.49. The summed E-state index contributed by atoms with van der Waals surface area (Å²) in [7, 11) is 1.25. The van der Waals surface area contributed by atoms with Crippen molar-refractivity contribution in [3.8, 4) is 5.75 Å².